The summed E-state index contributed by atoms with van der Waals surface area (Å²) < 4.78 is 0. The fourth-order valence-electron chi connectivity index (χ4n) is 5.21. The van der Waals surface area contributed by atoms with E-state index in [1.54, 1.807) is 0 Å². The highest BCUT2D eigenvalue weighted by molar-refractivity contribution is 4.85. The third-order valence-corrected chi connectivity index (χ3v) is 8.32. The molecule has 0 aromatic rings. The predicted molar refractivity (Wildman–Crippen MR) is 194 cm³/mol. The Labute approximate surface area is 285 Å². The van der Waals surface area contributed by atoms with Gasteiger partial charge in [0.1, 0.15) is 5.76 Å². The second-order valence-corrected chi connectivity index (χ2v) is 13.4. The van der Waals surface area contributed by atoms with Crippen LogP contribution in [0.5, 0.6) is 0 Å². The molecular formula is C40H76O6. The standard InChI is InChI=1S/C40H76O6/c1-5-7-9-24-30-39(41)32-26-20-16-12-11-13-18-22-28-34-43-44-35-37(3)36-45-46-38(4)29-23-19-15-14-17-21-27-33-40(42)31-25-10-8-6-2/h20-21,26-27,37,39-42H,4-19,22-25,28-36H2,1-3H3/b26-20-,27-21+. The van der Waals surface area contributed by atoms with E-state index in [9.17, 15) is 10.2 Å². The summed E-state index contributed by atoms with van der Waals surface area (Å²) in [6, 6.07) is 0. The van der Waals surface area contributed by atoms with Crippen molar-refractivity contribution in [1.82, 2.24) is 0 Å². The largest absolute Gasteiger partial charge is 0.393 e. The minimum atomic E-state index is -0.179. The number of aliphatic hydroxyl groups excluding tert-OH is 2. The van der Waals surface area contributed by atoms with E-state index in [4.69, 9.17) is 19.6 Å². The molecule has 2 N–H and O–H groups in total. The average Bonchev–Trinajstić information content (AvgIpc) is 3.04. The zero-order valence-electron chi connectivity index (χ0n) is 30.6. The van der Waals surface area contributed by atoms with Gasteiger partial charge in [-0.15, -0.1) is 0 Å². The van der Waals surface area contributed by atoms with Crippen LogP contribution in [0.4, 0.5) is 0 Å². The van der Waals surface area contributed by atoms with Gasteiger partial charge in [-0.1, -0.05) is 142 Å². The van der Waals surface area contributed by atoms with Crippen LogP contribution in [-0.4, -0.2) is 42.2 Å². The molecule has 0 fully saturated rings. The molecular weight excluding hydrogens is 576 g/mol. The summed E-state index contributed by atoms with van der Waals surface area (Å²) >= 11 is 0. The normalized spacial score (nSPS) is 13.9. The SMILES string of the molecule is C=C(CCCCCC/C=C/CC(O)CCCCCC)OOCC(C)COOCCCCCCCC/C=C\CC(O)CCCCCC. The Kier molecular flexibility index (Phi) is 35.7. The summed E-state index contributed by atoms with van der Waals surface area (Å²) in [5.74, 6) is 0.850. The highest BCUT2D eigenvalue weighted by Crippen LogP contribution is 2.14. The van der Waals surface area contributed by atoms with E-state index in [1.165, 1.54) is 83.5 Å². The van der Waals surface area contributed by atoms with Gasteiger partial charge in [-0.25, -0.2) is 9.78 Å². The van der Waals surface area contributed by atoms with Crippen molar-refractivity contribution in [2.45, 2.75) is 193 Å². The van der Waals surface area contributed by atoms with Gasteiger partial charge in [-0.05, 0) is 64.2 Å². The van der Waals surface area contributed by atoms with Crippen LogP contribution < -0.4 is 0 Å². The summed E-state index contributed by atoms with van der Waals surface area (Å²) in [5, 5.41) is 20.0. The van der Waals surface area contributed by atoms with Crippen molar-refractivity contribution >= 4 is 0 Å². The quantitative estimate of drug-likeness (QED) is 0.0229. The van der Waals surface area contributed by atoms with Crippen LogP contribution in [0.2, 0.25) is 0 Å². The van der Waals surface area contributed by atoms with Gasteiger partial charge in [0, 0.05) is 12.3 Å². The molecule has 0 aliphatic carbocycles. The molecule has 6 nitrogen and oxygen atoms in total. The lowest BCUT2D eigenvalue weighted by Crippen LogP contribution is -2.13. The molecule has 0 bridgehead atoms. The lowest BCUT2D eigenvalue weighted by atomic mass is 10.1. The van der Waals surface area contributed by atoms with E-state index in [0.717, 1.165) is 77.0 Å². The van der Waals surface area contributed by atoms with Crippen molar-refractivity contribution in [3.63, 3.8) is 0 Å². The fraction of sp³-hybridized carbons (Fsp3) is 0.850. The Morgan fingerprint density at radius 1 is 0.565 bits per heavy atom. The first-order valence-electron chi connectivity index (χ1n) is 19.4. The second-order valence-electron chi connectivity index (χ2n) is 13.4. The summed E-state index contributed by atoms with van der Waals surface area (Å²) in [6.07, 6.45) is 36.4. The fourth-order valence-corrected chi connectivity index (χ4v) is 5.21. The van der Waals surface area contributed by atoms with Crippen LogP contribution >= 0.6 is 0 Å². The van der Waals surface area contributed by atoms with Crippen molar-refractivity contribution in [3.8, 4) is 0 Å². The molecule has 0 heterocycles. The lowest BCUT2D eigenvalue weighted by Gasteiger charge is -2.12. The molecule has 0 radical (unpaired) electrons. The predicted octanol–water partition coefficient (Wildman–Crippen LogP) is 11.7. The van der Waals surface area contributed by atoms with Crippen LogP contribution in [0.3, 0.4) is 0 Å². The topological polar surface area (TPSA) is 77.4 Å². The monoisotopic (exact) mass is 653 g/mol. The number of aliphatic hydroxyl groups is 2. The van der Waals surface area contributed by atoms with E-state index >= 15 is 0 Å². The van der Waals surface area contributed by atoms with Crippen LogP contribution in [0.1, 0.15) is 181 Å². The Morgan fingerprint density at radius 3 is 1.61 bits per heavy atom. The molecule has 0 aromatic carbocycles. The van der Waals surface area contributed by atoms with Crippen LogP contribution in [0.25, 0.3) is 0 Å². The maximum atomic E-state index is 10.0. The summed E-state index contributed by atoms with van der Waals surface area (Å²) in [4.78, 5) is 21.4. The molecule has 0 saturated heterocycles. The third-order valence-electron chi connectivity index (χ3n) is 8.32. The maximum Gasteiger partial charge on any atom is 0.135 e. The number of hydrogen-bond acceptors (Lipinski definition) is 6. The first kappa shape index (κ1) is 44.8. The molecule has 3 atom stereocenters. The number of unbranched alkanes of at least 4 members (excludes halogenated alkanes) is 16. The molecule has 46 heavy (non-hydrogen) atoms. The number of rotatable bonds is 37. The Morgan fingerprint density at radius 2 is 1.04 bits per heavy atom. The van der Waals surface area contributed by atoms with Gasteiger partial charge in [0.05, 0.1) is 32.0 Å². The highest BCUT2D eigenvalue weighted by atomic mass is 17.2. The molecule has 272 valence electrons. The molecule has 0 amide bonds. The molecule has 0 aliphatic rings. The second kappa shape index (κ2) is 36.7. The van der Waals surface area contributed by atoms with Crippen molar-refractivity contribution in [3.05, 3.63) is 36.6 Å². The Bertz CT molecular complexity index is 679. The molecule has 6 heteroatoms. The number of hydrogen-bond donors (Lipinski definition) is 2. The Hall–Kier alpha value is -1.18. The van der Waals surface area contributed by atoms with Crippen LogP contribution in [0.15, 0.2) is 36.6 Å². The van der Waals surface area contributed by atoms with Gasteiger partial charge in [0.15, 0.2) is 0 Å². The minimum Gasteiger partial charge on any atom is -0.393 e. The van der Waals surface area contributed by atoms with Gasteiger partial charge >= 0.3 is 0 Å². The molecule has 0 aliphatic heterocycles. The van der Waals surface area contributed by atoms with Crippen molar-refractivity contribution in [2.75, 3.05) is 19.8 Å². The van der Waals surface area contributed by atoms with Crippen molar-refractivity contribution < 1.29 is 29.8 Å². The average molecular weight is 653 g/mol. The van der Waals surface area contributed by atoms with E-state index in [2.05, 4.69) is 44.7 Å². The molecule has 0 spiro atoms. The van der Waals surface area contributed by atoms with Crippen molar-refractivity contribution in [2.24, 2.45) is 5.92 Å². The minimum absolute atomic E-state index is 0.165. The van der Waals surface area contributed by atoms with Gasteiger partial charge in [0.25, 0.3) is 0 Å². The zero-order valence-corrected chi connectivity index (χ0v) is 30.6. The van der Waals surface area contributed by atoms with Gasteiger partial charge < -0.3 is 15.1 Å². The molecule has 0 rings (SSSR count). The highest BCUT2D eigenvalue weighted by Gasteiger charge is 2.06. The lowest BCUT2D eigenvalue weighted by molar-refractivity contribution is -0.315. The van der Waals surface area contributed by atoms with Crippen LogP contribution in [-0.2, 0) is 19.6 Å². The Balaban J connectivity index is 3.41. The summed E-state index contributed by atoms with van der Waals surface area (Å²) in [7, 11) is 0. The molecule has 0 saturated carbocycles. The maximum absolute atomic E-state index is 10.0. The first-order chi connectivity index (χ1) is 22.5. The van der Waals surface area contributed by atoms with E-state index in [0.29, 0.717) is 25.6 Å². The van der Waals surface area contributed by atoms with E-state index < -0.39 is 0 Å². The smallest absolute Gasteiger partial charge is 0.135 e. The van der Waals surface area contributed by atoms with Crippen molar-refractivity contribution in [1.29, 1.82) is 0 Å². The zero-order chi connectivity index (χ0) is 33.8. The van der Waals surface area contributed by atoms with Crippen LogP contribution in [0, 0.1) is 5.92 Å². The summed E-state index contributed by atoms with van der Waals surface area (Å²) in [6.45, 7) is 12.0. The molecule has 0 aromatic heterocycles. The van der Waals surface area contributed by atoms with Gasteiger partial charge in [-0.3, -0.25) is 0 Å². The molecule has 3 unspecified atom stereocenters. The first-order valence-corrected chi connectivity index (χ1v) is 19.4. The van der Waals surface area contributed by atoms with E-state index in [1.807, 2.05) is 6.92 Å². The van der Waals surface area contributed by atoms with Gasteiger partial charge in [-0.2, -0.15) is 4.89 Å². The summed E-state index contributed by atoms with van der Waals surface area (Å²) in [5.41, 5.74) is 0. The van der Waals surface area contributed by atoms with E-state index in [-0.39, 0.29) is 18.1 Å². The van der Waals surface area contributed by atoms with Gasteiger partial charge in [0.2, 0.25) is 0 Å². The third kappa shape index (κ3) is 35.7. The number of allylic oxidation sites excluding steroid dienone is 3.